The summed E-state index contributed by atoms with van der Waals surface area (Å²) in [6.45, 7) is 1.41. The van der Waals surface area contributed by atoms with Crippen molar-refractivity contribution >= 4 is 0 Å². The van der Waals surface area contributed by atoms with Gasteiger partial charge in [-0.05, 0) is 41.7 Å². The summed E-state index contributed by atoms with van der Waals surface area (Å²) in [6.07, 6.45) is 2.88. The van der Waals surface area contributed by atoms with E-state index in [-0.39, 0.29) is 0 Å². The number of fused-ring (bicyclic) bond motifs is 2. The van der Waals surface area contributed by atoms with Gasteiger partial charge in [0.05, 0.1) is 18.8 Å². The number of nitrogens with two attached hydrogens (primary N) is 1. The van der Waals surface area contributed by atoms with Gasteiger partial charge in [0.25, 0.3) is 0 Å². The first-order valence-corrected chi connectivity index (χ1v) is 7.55. The Kier molecular flexibility index (Phi) is 2.89. The minimum Gasteiger partial charge on any atom is -0.490 e. The van der Waals surface area contributed by atoms with Crippen LogP contribution in [0.2, 0.25) is 0 Å². The summed E-state index contributed by atoms with van der Waals surface area (Å²) in [6, 6.07) is 14.6. The first kappa shape index (κ1) is 12.7. The monoisotopic (exact) mass is 281 g/mol. The highest BCUT2D eigenvalue weighted by molar-refractivity contribution is 5.52. The van der Waals surface area contributed by atoms with E-state index in [2.05, 4.69) is 36.4 Å². The summed E-state index contributed by atoms with van der Waals surface area (Å²) in [5, 5.41) is 0. The Balaban J connectivity index is 1.79. The van der Waals surface area contributed by atoms with E-state index in [1.165, 1.54) is 11.1 Å². The number of rotatable bonds is 1. The van der Waals surface area contributed by atoms with Crippen molar-refractivity contribution in [3.63, 3.8) is 0 Å². The lowest BCUT2D eigenvalue weighted by Crippen LogP contribution is -2.35. The van der Waals surface area contributed by atoms with E-state index in [0.29, 0.717) is 13.2 Å². The molecule has 21 heavy (non-hydrogen) atoms. The maximum absolute atomic E-state index is 6.77. The van der Waals surface area contributed by atoms with Gasteiger partial charge in [-0.15, -0.1) is 0 Å². The smallest absolute Gasteiger partial charge is 0.161 e. The Labute approximate surface area is 124 Å². The number of aryl methyl sites for hydroxylation is 1. The molecule has 0 bridgehead atoms. The fourth-order valence-electron chi connectivity index (χ4n) is 3.38. The maximum atomic E-state index is 6.77. The molecule has 0 aromatic heterocycles. The van der Waals surface area contributed by atoms with Gasteiger partial charge in [0.15, 0.2) is 11.5 Å². The average Bonchev–Trinajstić information content (AvgIpc) is 2.72. The summed E-state index contributed by atoms with van der Waals surface area (Å²) >= 11 is 0. The Morgan fingerprint density at radius 2 is 1.76 bits per heavy atom. The number of ether oxygens (including phenoxy) is 2. The second kappa shape index (κ2) is 4.78. The van der Waals surface area contributed by atoms with Gasteiger partial charge in [-0.3, -0.25) is 0 Å². The summed E-state index contributed by atoms with van der Waals surface area (Å²) in [5.41, 5.74) is 10.0. The van der Waals surface area contributed by atoms with Gasteiger partial charge in [-0.2, -0.15) is 0 Å². The molecule has 1 aliphatic heterocycles. The molecule has 108 valence electrons. The predicted molar refractivity (Wildman–Crippen MR) is 81.8 cm³/mol. The van der Waals surface area contributed by atoms with Crippen molar-refractivity contribution < 1.29 is 9.47 Å². The van der Waals surface area contributed by atoms with Crippen LogP contribution in [0.25, 0.3) is 0 Å². The number of hydrogen-bond acceptors (Lipinski definition) is 3. The van der Waals surface area contributed by atoms with Crippen molar-refractivity contribution in [1.82, 2.24) is 0 Å². The first-order chi connectivity index (χ1) is 10.3. The van der Waals surface area contributed by atoms with Crippen LogP contribution >= 0.6 is 0 Å². The molecule has 3 heteroatoms. The third kappa shape index (κ3) is 2.00. The molecule has 2 aliphatic rings. The summed E-state index contributed by atoms with van der Waals surface area (Å²) in [4.78, 5) is 0. The predicted octanol–water partition coefficient (Wildman–Crippen LogP) is 3.00. The van der Waals surface area contributed by atoms with Crippen molar-refractivity contribution in [3.8, 4) is 11.5 Å². The van der Waals surface area contributed by atoms with Crippen LogP contribution in [-0.2, 0) is 12.0 Å². The van der Waals surface area contributed by atoms with Crippen LogP contribution in [0, 0.1) is 0 Å². The van der Waals surface area contributed by atoms with Crippen LogP contribution < -0.4 is 15.2 Å². The van der Waals surface area contributed by atoms with Gasteiger partial charge in [0.1, 0.15) is 0 Å². The lowest BCUT2D eigenvalue weighted by atomic mass is 9.85. The second-order valence-electron chi connectivity index (χ2n) is 5.84. The molecule has 1 atom stereocenters. The van der Waals surface area contributed by atoms with E-state index in [4.69, 9.17) is 15.2 Å². The number of benzene rings is 2. The van der Waals surface area contributed by atoms with Crippen LogP contribution in [0.5, 0.6) is 11.5 Å². The average molecular weight is 281 g/mol. The topological polar surface area (TPSA) is 44.5 Å². The Hall–Kier alpha value is -2.00. The Morgan fingerprint density at radius 1 is 0.952 bits per heavy atom. The van der Waals surface area contributed by atoms with Crippen molar-refractivity contribution in [3.05, 3.63) is 59.2 Å². The molecule has 0 fully saturated rings. The van der Waals surface area contributed by atoms with Gasteiger partial charge in [-0.1, -0.05) is 30.3 Å². The van der Waals surface area contributed by atoms with E-state index in [9.17, 15) is 0 Å². The van der Waals surface area contributed by atoms with Crippen molar-refractivity contribution in [2.24, 2.45) is 5.73 Å². The molecule has 1 heterocycles. The van der Waals surface area contributed by atoms with Crippen LogP contribution in [0.3, 0.4) is 0 Å². The second-order valence-corrected chi connectivity index (χ2v) is 5.84. The van der Waals surface area contributed by atoms with Crippen molar-refractivity contribution in [1.29, 1.82) is 0 Å². The fourth-order valence-corrected chi connectivity index (χ4v) is 3.38. The zero-order valence-electron chi connectivity index (χ0n) is 12.0. The molecule has 0 saturated carbocycles. The first-order valence-electron chi connectivity index (χ1n) is 7.55. The third-order valence-electron chi connectivity index (χ3n) is 4.55. The third-order valence-corrected chi connectivity index (χ3v) is 4.55. The molecule has 2 aromatic carbocycles. The summed E-state index contributed by atoms with van der Waals surface area (Å²) < 4.78 is 11.5. The van der Waals surface area contributed by atoms with Crippen LogP contribution in [0.4, 0.5) is 0 Å². The molecular formula is C18H19NO2. The van der Waals surface area contributed by atoms with Gasteiger partial charge in [-0.25, -0.2) is 0 Å². The van der Waals surface area contributed by atoms with Gasteiger partial charge in [0, 0.05) is 6.42 Å². The Morgan fingerprint density at radius 3 is 2.67 bits per heavy atom. The SMILES string of the molecule is NC1(c2ccc3c(c2)OCCCO3)CCc2ccccc21. The molecule has 3 nitrogen and oxygen atoms in total. The minimum atomic E-state index is -0.415. The van der Waals surface area contributed by atoms with Gasteiger partial charge in [0.2, 0.25) is 0 Å². The van der Waals surface area contributed by atoms with E-state index in [1.807, 2.05) is 6.07 Å². The molecule has 2 aromatic rings. The minimum absolute atomic E-state index is 0.415. The largest absolute Gasteiger partial charge is 0.490 e. The lowest BCUT2D eigenvalue weighted by Gasteiger charge is -2.27. The van der Waals surface area contributed by atoms with E-state index in [1.54, 1.807) is 0 Å². The molecule has 0 radical (unpaired) electrons. The molecule has 0 saturated heterocycles. The van der Waals surface area contributed by atoms with Crippen LogP contribution in [-0.4, -0.2) is 13.2 Å². The molecule has 4 rings (SSSR count). The zero-order chi connectivity index (χ0) is 14.3. The van der Waals surface area contributed by atoms with E-state index in [0.717, 1.165) is 36.3 Å². The fraction of sp³-hybridized carbons (Fsp3) is 0.333. The molecule has 1 aliphatic carbocycles. The maximum Gasteiger partial charge on any atom is 0.161 e. The van der Waals surface area contributed by atoms with Crippen LogP contribution in [0.15, 0.2) is 42.5 Å². The molecule has 0 spiro atoms. The van der Waals surface area contributed by atoms with E-state index < -0.39 is 5.54 Å². The van der Waals surface area contributed by atoms with Crippen molar-refractivity contribution in [2.45, 2.75) is 24.8 Å². The normalized spacial score (nSPS) is 23.5. The number of hydrogen-bond donors (Lipinski definition) is 1. The zero-order valence-corrected chi connectivity index (χ0v) is 12.0. The standard InChI is InChI=1S/C18H19NO2/c19-18(9-8-13-4-1-2-5-15(13)18)14-6-7-16-17(12-14)21-11-3-10-20-16/h1-2,4-7,12H,3,8-11,19H2. The van der Waals surface area contributed by atoms with Crippen molar-refractivity contribution in [2.75, 3.05) is 13.2 Å². The summed E-state index contributed by atoms with van der Waals surface area (Å²) in [5.74, 6) is 1.64. The quantitative estimate of drug-likeness (QED) is 0.874. The highest BCUT2D eigenvalue weighted by atomic mass is 16.5. The summed E-state index contributed by atoms with van der Waals surface area (Å²) in [7, 11) is 0. The van der Waals surface area contributed by atoms with E-state index >= 15 is 0 Å². The lowest BCUT2D eigenvalue weighted by molar-refractivity contribution is 0.297. The molecule has 0 amide bonds. The molecular weight excluding hydrogens is 262 g/mol. The molecule has 1 unspecified atom stereocenters. The van der Waals surface area contributed by atoms with Gasteiger partial charge < -0.3 is 15.2 Å². The van der Waals surface area contributed by atoms with Crippen LogP contribution in [0.1, 0.15) is 29.5 Å². The Bertz CT molecular complexity index is 683. The van der Waals surface area contributed by atoms with Gasteiger partial charge >= 0.3 is 0 Å². The highest BCUT2D eigenvalue weighted by Gasteiger charge is 2.36. The highest BCUT2D eigenvalue weighted by Crippen LogP contribution is 2.42. The molecule has 2 N–H and O–H groups in total.